The third kappa shape index (κ3) is 5.45. The van der Waals surface area contributed by atoms with Gasteiger partial charge in [-0.3, -0.25) is 0 Å². The number of piperazine rings is 1. The van der Waals surface area contributed by atoms with E-state index in [9.17, 15) is 15.2 Å². The molecule has 0 spiro atoms. The van der Waals surface area contributed by atoms with Gasteiger partial charge in [0, 0.05) is 25.7 Å². The summed E-state index contributed by atoms with van der Waals surface area (Å²) in [6, 6.07) is 4.23. The molecule has 4 aliphatic heterocycles. The highest BCUT2D eigenvalue weighted by molar-refractivity contribution is 6.63. The highest BCUT2D eigenvalue weighted by Gasteiger charge is 2.52. The van der Waals surface area contributed by atoms with Gasteiger partial charge in [0.15, 0.2) is 0 Å². The van der Waals surface area contributed by atoms with Crippen LogP contribution in [-0.2, 0) is 15.7 Å². The molecular weight excluding hydrogens is 551 g/mol. The topological polar surface area (TPSA) is 134 Å². The van der Waals surface area contributed by atoms with Crippen LogP contribution < -0.4 is 19.8 Å². The van der Waals surface area contributed by atoms with Gasteiger partial charge in [-0.05, 0) is 84.1 Å². The quantitative estimate of drug-likeness (QED) is 0.497. The predicted octanol–water partition coefficient (Wildman–Crippen LogP) is 2.81. The lowest BCUT2D eigenvalue weighted by Gasteiger charge is -2.40. The van der Waals surface area contributed by atoms with Crippen molar-refractivity contribution in [2.45, 2.75) is 83.1 Å². The van der Waals surface area contributed by atoms with Crippen molar-refractivity contribution < 1.29 is 28.7 Å². The standard InChI is InChI=1S/C30H41BN6O6/c1-29(2)30(3,4)43-31(42-29)22-16-23-24(25-21(22)9-7-15-40-25)26(34-27(33-23)41-18-20-8-6-12-35(20)5)36-13-14-37(28(38)39)19(17-36)10-11-32/h16,19-20H,6-10,12-15,17-18H2,1-5H3,(H,38,39). The van der Waals surface area contributed by atoms with Crippen LogP contribution in [0.15, 0.2) is 6.07 Å². The van der Waals surface area contributed by atoms with Crippen molar-refractivity contribution in [1.82, 2.24) is 19.8 Å². The maximum atomic E-state index is 11.9. The maximum Gasteiger partial charge on any atom is 0.495 e. The van der Waals surface area contributed by atoms with Crippen molar-refractivity contribution in [1.29, 1.82) is 5.26 Å². The molecule has 2 unspecified atom stereocenters. The lowest BCUT2D eigenvalue weighted by atomic mass is 9.73. The maximum absolute atomic E-state index is 11.9. The number of hydrogen-bond acceptors (Lipinski definition) is 10. The number of carboxylic acid groups (broad SMARTS) is 1. The fourth-order valence-corrected chi connectivity index (χ4v) is 6.54. The Kier molecular flexibility index (Phi) is 7.81. The van der Waals surface area contributed by atoms with Crippen LogP contribution >= 0.6 is 0 Å². The normalized spacial score (nSPS) is 25.0. The summed E-state index contributed by atoms with van der Waals surface area (Å²) in [6.45, 7) is 11.2. The van der Waals surface area contributed by atoms with Gasteiger partial charge in [-0.25, -0.2) is 4.79 Å². The fraction of sp³-hybridized carbons (Fsp3) is 0.667. The molecule has 1 N–H and O–H groups in total. The van der Waals surface area contributed by atoms with Crippen LogP contribution in [0.4, 0.5) is 10.6 Å². The van der Waals surface area contributed by atoms with E-state index in [0.717, 1.165) is 48.6 Å². The van der Waals surface area contributed by atoms with E-state index in [1.54, 1.807) is 0 Å². The lowest BCUT2D eigenvalue weighted by Crippen LogP contribution is -2.55. The summed E-state index contributed by atoms with van der Waals surface area (Å²) in [5.74, 6) is 1.34. The Morgan fingerprint density at radius 1 is 1.16 bits per heavy atom. The van der Waals surface area contributed by atoms with Gasteiger partial charge in [0.1, 0.15) is 18.2 Å². The van der Waals surface area contributed by atoms with E-state index in [2.05, 4.69) is 18.0 Å². The molecule has 1 amide bonds. The number of amides is 1. The van der Waals surface area contributed by atoms with E-state index >= 15 is 0 Å². The van der Waals surface area contributed by atoms with Gasteiger partial charge in [-0.1, -0.05) is 0 Å². The van der Waals surface area contributed by atoms with Crippen LogP contribution in [0.3, 0.4) is 0 Å². The van der Waals surface area contributed by atoms with Crippen molar-refractivity contribution in [3.05, 3.63) is 11.6 Å². The van der Waals surface area contributed by atoms with Gasteiger partial charge in [-0.15, -0.1) is 0 Å². The predicted molar refractivity (Wildman–Crippen MR) is 161 cm³/mol. The molecular formula is C30H41BN6O6. The third-order valence-corrected chi connectivity index (χ3v) is 9.80. The average molecular weight is 593 g/mol. The highest BCUT2D eigenvalue weighted by Crippen LogP contribution is 2.42. The van der Waals surface area contributed by atoms with Gasteiger partial charge >= 0.3 is 19.2 Å². The molecule has 1 aromatic heterocycles. The van der Waals surface area contributed by atoms with Crippen LogP contribution in [0.1, 0.15) is 58.9 Å². The Morgan fingerprint density at radius 2 is 1.93 bits per heavy atom. The third-order valence-electron chi connectivity index (χ3n) is 9.80. The van der Waals surface area contributed by atoms with Gasteiger partial charge in [0.05, 0.1) is 47.2 Å². The largest absolute Gasteiger partial charge is 0.495 e. The number of benzene rings is 1. The number of hydrogen-bond donors (Lipinski definition) is 1. The Morgan fingerprint density at radius 3 is 2.60 bits per heavy atom. The Bertz CT molecular complexity index is 1430. The van der Waals surface area contributed by atoms with Crippen LogP contribution in [0.2, 0.25) is 0 Å². The number of likely N-dealkylation sites (tertiary alicyclic amines) is 1. The molecule has 3 saturated heterocycles. The monoisotopic (exact) mass is 592 g/mol. The summed E-state index contributed by atoms with van der Waals surface area (Å²) in [7, 11) is 1.52. The number of ether oxygens (including phenoxy) is 2. The van der Waals surface area contributed by atoms with Crippen molar-refractivity contribution in [3.63, 3.8) is 0 Å². The van der Waals surface area contributed by atoms with E-state index in [1.165, 1.54) is 4.90 Å². The van der Waals surface area contributed by atoms with Gasteiger partial charge < -0.3 is 38.6 Å². The number of anilines is 1. The molecule has 1 aromatic carbocycles. The molecule has 4 aliphatic rings. The summed E-state index contributed by atoms with van der Waals surface area (Å²) in [5.41, 5.74) is 1.55. The zero-order valence-electron chi connectivity index (χ0n) is 25.8. The first-order valence-corrected chi connectivity index (χ1v) is 15.3. The van der Waals surface area contributed by atoms with Crippen LogP contribution in [-0.4, -0.2) is 108 Å². The van der Waals surface area contributed by atoms with Crippen molar-refractivity contribution in [2.24, 2.45) is 0 Å². The second kappa shape index (κ2) is 11.3. The minimum Gasteiger partial charge on any atom is -0.492 e. The molecule has 13 heteroatoms. The first kappa shape index (κ1) is 29.7. The average Bonchev–Trinajstić information content (AvgIpc) is 3.48. The molecule has 2 aromatic rings. The van der Waals surface area contributed by atoms with Crippen LogP contribution in [0.5, 0.6) is 11.8 Å². The molecule has 43 heavy (non-hydrogen) atoms. The molecule has 2 atom stereocenters. The molecule has 0 bridgehead atoms. The molecule has 0 radical (unpaired) electrons. The first-order chi connectivity index (χ1) is 20.5. The van der Waals surface area contributed by atoms with E-state index in [4.69, 9.17) is 28.8 Å². The molecule has 3 fully saturated rings. The Hall–Kier alpha value is -3.34. The van der Waals surface area contributed by atoms with E-state index in [-0.39, 0.29) is 25.0 Å². The summed E-state index contributed by atoms with van der Waals surface area (Å²) in [6.07, 6.45) is 2.90. The summed E-state index contributed by atoms with van der Waals surface area (Å²) in [5, 5.41) is 20.0. The van der Waals surface area contributed by atoms with Gasteiger partial charge in [0.25, 0.3) is 0 Å². The highest BCUT2D eigenvalue weighted by atomic mass is 16.7. The number of fused-ring (bicyclic) bond motifs is 3. The molecule has 12 nitrogen and oxygen atoms in total. The number of rotatable bonds is 6. The minimum atomic E-state index is -1.02. The van der Waals surface area contributed by atoms with Gasteiger partial charge in [-0.2, -0.15) is 15.2 Å². The van der Waals surface area contributed by atoms with E-state index < -0.39 is 30.5 Å². The summed E-state index contributed by atoms with van der Waals surface area (Å²) in [4.78, 5) is 27.5. The first-order valence-electron chi connectivity index (χ1n) is 15.3. The number of nitriles is 1. The Labute approximate surface area is 253 Å². The second-order valence-electron chi connectivity index (χ2n) is 13.1. The van der Waals surface area contributed by atoms with E-state index in [1.807, 2.05) is 38.7 Å². The molecule has 0 aliphatic carbocycles. The minimum absolute atomic E-state index is 0.0872. The van der Waals surface area contributed by atoms with Crippen molar-refractivity contribution >= 4 is 35.4 Å². The number of likely N-dealkylation sites (N-methyl/N-ethyl adjacent to an activating group) is 1. The summed E-state index contributed by atoms with van der Waals surface area (Å²) < 4.78 is 25.6. The number of carbonyl (C=O) groups is 1. The zero-order chi connectivity index (χ0) is 30.5. The summed E-state index contributed by atoms with van der Waals surface area (Å²) >= 11 is 0. The molecule has 5 heterocycles. The molecule has 230 valence electrons. The van der Waals surface area contributed by atoms with Crippen LogP contribution in [0.25, 0.3) is 10.9 Å². The second-order valence-corrected chi connectivity index (χ2v) is 13.1. The Balaban J connectivity index is 1.46. The van der Waals surface area contributed by atoms with Crippen molar-refractivity contribution in [2.75, 3.05) is 51.3 Å². The van der Waals surface area contributed by atoms with Gasteiger partial charge in [0.2, 0.25) is 0 Å². The smallest absolute Gasteiger partial charge is 0.492 e. The lowest BCUT2D eigenvalue weighted by molar-refractivity contribution is 0.00578. The number of nitrogens with zero attached hydrogens (tertiary/aromatic N) is 6. The van der Waals surface area contributed by atoms with Crippen molar-refractivity contribution in [3.8, 4) is 17.8 Å². The van der Waals surface area contributed by atoms with E-state index in [0.29, 0.717) is 43.4 Å². The SMILES string of the molecule is CN1CCCC1COc1nc(N2CCN(C(=O)O)C(CC#N)C2)c2c3c(c(B4OC(C)(C)C(C)(C)O4)cc2n1)CCCO3. The zero-order valence-corrected chi connectivity index (χ0v) is 25.8. The molecule has 0 saturated carbocycles. The number of aromatic nitrogens is 2. The van der Waals surface area contributed by atoms with Crippen LogP contribution in [0, 0.1) is 11.3 Å². The molecule has 6 rings (SSSR count). The fourth-order valence-electron chi connectivity index (χ4n) is 6.54.